The molecular weight excluding hydrogens is 252 g/mol. The summed E-state index contributed by atoms with van der Waals surface area (Å²) in [5.74, 6) is -0.331. The minimum absolute atomic E-state index is 0.240. The van der Waals surface area contributed by atoms with Crippen LogP contribution in [0.2, 0.25) is 0 Å². The second-order valence-corrected chi connectivity index (χ2v) is 4.32. The monoisotopic (exact) mass is 269 g/mol. The fourth-order valence-corrected chi connectivity index (χ4v) is 1.98. The fraction of sp³-hybridized carbons (Fsp3) is 0.500. The third-order valence-electron chi connectivity index (χ3n) is 2.98. The summed E-state index contributed by atoms with van der Waals surface area (Å²) in [6.45, 7) is 2.45. The molecule has 0 radical (unpaired) electrons. The third kappa shape index (κ3) is 2.98. The molecule has 0 fully saturated rings. The van der Waals surface area contributed by atoms with E-state index in [4.69, 9.17) is 0 Å². The minimum Gasteiger partial charge on any atom is -0.307 e. The van der Waals surface area contributed by atoms with Gasteiger partial charge >= 0.3 is 0 Å². The van der Waals surface area contributed by atoms with Crippen molar-refractivity contribution < 1.29 is 8.78 Å². The van der Waals surface area contributed by atoms with E-state index in [2.05, 4.69) is 15.5 Å². The van der Waals surface area contributed by atoms with Crippen LogP contribution in [0.25, 0.3) is 0 Å². The zero-order chi connectivity index (χ0) is 13.8. The molecule has 5 nitrogen and oxygen atoms in total. The van der Waals surface area contributed by atoms with E-state index in [0.717, 1.165) is 5.69 Å². The van der Waals surface area contributed by atoms with E-state index in [0.29, 0.717) is 24.3 Å². The first-order chi connectivity index (χ1) is 9.13. The zero-order valence-electron chi connectivity index (χ0n) is 11.0. The van der Waals surface area contributed by atoms with Crippen LogP contribution in [0.3, 0.4) is 0 Å². The maximum atomic E-state index is 13.7. The van der Waals surface area contributed by atoms with E-state index >= 15 is 0 Å². The van der Waals surface area contributed by atoms with Gasteiger partial charge in [-0.3, -0.25) is 4.68 Å². The molecule has 0 saturated carbocycles. The highest BCUT2D eigenvalue weighted by Crippen LogP contribution is 2.11. The fourth-order valence-electron chi connectivity index (χ4n) is 1.98. The molecule has 0 atom stereocenters. The molecule has 104 valence electrons. The molecule has 2 aromatic rings. The van der Waals surface area contributed by atoms with Gasteiger partial charge in [0.05, 0.1) is 17.9 Å². The summed E-state index contributed by atoms with van der Waals surface area (Å²) >= 11 is 0. The first-order valence-electron chi connectivity index (χ1n) is 6.08. The highest BCUT2D eigenvalue weighted by atomic mass is 19.1. The highest BCUT2D eigenvalue weighted by Gasteiger charge is 2.12. The van der Waals surface area contributed by atoms with Crippen LogP contribution in [0.4, 0.5) is 8.78 Å². The van der Waals surface area contributed by atoms with Crippen LogP contribution in [0.15, 0.2) is 12.3 Å². The number of rotatable bonds is 6. The van der Waals surface area contributed by atoms with Gasteiger partial charge in [0.25, 0.3) is 0 Å². The Bertz CT molecular complexity index is 546. The number of hydrogen-bond acceptors (Lipinski definition) is 3. The Morgan fingerprint density at radius 3 is 2.79 bits per heavy atom. The molecule has 0 aliphatic heterocycles. The normalized spacial score (nSPS) is 11.2. The Labute approximate surface area is 110 Å². The number of aryl methyl sites for hydroxylation is 3. The lowest BCUT2D eigenvalue weighted by atomic mass is 10.2. The molecule has 2 rings (SSSR count). The van der Waals surface area contributed by atoms with E-state index in [1.807, 2.05) is 6.07 Å². The molecule has 0 aliphatic carbocycles. The van der Waals surface area contributed by atoms with Crippen LogP contribution in [0.1, 0.15) is 17.0 Å². The average molecular weight is 269 g/mol. The van der Waals surface area contributed by atoms with Crippen LogP contribution in [0, 0.1) is 12.9 Å². The van der Waals surface area contributed by atoms with Gasteiger partial charge < -0.3 is 5.32 Å². The Kier molecular flexibility index (Phi) is 4.26. The van der Waals surface area contributed by atoms with Gasteiger partial charge in [-0.15, -0.1) is 0 Å². The van der Waals surface area contributed by atoms with Crippen molar-refractivity contribution in [3.63, 3.8) is 0 Å². The molecule has 2 heterocycles. The van der Waals surface area contributed by atoms with Crippen molar-refractivity contribution in [1.82, 2.24) is 24.9 Å². The van der Waals surface area contributed by atoms with E-state index < -0.39 is 6.67 Å². The Balaban J connectivity index is 1.94. The van der Waals surface area contributed by atoms with Crippen LogP contribution >= 0.6 is 0 Å². The third-order valence-corrected chi connectivity index (χ3v) is 2.98. The molecule has 0 bridgehead atoms. The maximum absolute atomic E-state index is 13.7. The maximum Gasteiger partial charge on any atom is 0.215 e. The quantitative estimate of drug-likeness (QED) is 0.860. The summed E-state index contributed by atoms with van der Waals surface area (Å²) in [4.78, 5) is 0. The lowest BCUT2D eigenvalue weighted by Gasteiger charge is -2.07. The van der Waals surface area contributed by atoms with Crippen molar-refractivity contribution in [1.29, 1.82) is 0 Å². The van der Waals surface area contributed by atoms with Crippen molar-refractivity contribution in [2.24, 2.45) is 7.05 Å². The van der Waals surface area contributed by atoms with Crippen molar-refractivity contribution in [3.8, 4) is 0 Å². The predicted molar refractivity (Wildman–Crippen MR) is 66.6 cm³/mol. The zero-order valence-corrected chi connectivity index (χ0v) is 11.0. The topological polar surface area (TPSA) is 47.7 Å². The van der Waals surface area contributed by atoms with Gasteiger partial charge in [0.15, 0.2) is 0 Å². The Morgan fingerprint density at radius 1 is 1.37 bits per heavy atom. The van der Waals surface area contributed by atoms with Gasteiger partial charge in [-0.2, -0.15) is 14.6 Å². The SMILES string of the molecule is Cc1nn(C)c(F)c1CNCc1ccnn1CCF. The summed E-state index contributed by atoms with van der Waals surface area (Å²) in [5, 5.41) is 11.1. The van der Waals surface area contributed by atoms with Gasteiger partial charge in [-0.25, -0.2) is 9.07 Å². The summed E-state index contributed by atoms with van der Waals surface area (Å²) < 4.78 is 28.8. The van der Waals surface area contributed by atoms with Crippen molar-refractivity contribution in [3.05, 3.63) is 35.2 Å². The molecule has 0 amide bonds. The molecule has 2 aromatic heterocycles. The van der Waals surface area contributed by atoms with Gasteiger partial charge in [0.1, 0.15) is 6.67 Å². The Morgan fingerprint density at radius 2 is 2.16 bits per heavy atom. The molecule has 0 spiro atoms. The average Bonchev–Trinajstić information content (AvgIpc) is 2.90. The van der Waals surface area contributed by atoms with Gasteiger partial charge in [0, 0.05) is 31.9 Å². The molecule has 0 saturated heterocycles. The summed E-state index contributed by atoms with van der Waals surface area (Å²) in [6.07, 6.45) is 1.63. The molecule has 0 unspecified atom stereocenters. The Hall–Kier alpha value is -1.76. The first kappa shape index (κ1) is 13.7. The lowest BCUT2D eigenvalue weighted by Crippen LogP contribution is -2.18. The standard InChI is InChI=1S/C12H17F2N5/c1-9-11(12(14)18(2)17-9)8-15-7-10-3-5-16-19(10)6-4-13/h3,5,15H,4,6-8H2,1-2H3. The van der Waals surface area contributed by atoms with Crippen molar-refractivity contribution >= 4 is 0 Å². The van der Waals surface area contributed by atoms with Crippen LogP contribution < -0.4 is 5.32 Å². The number of hydrogen-bond donors (Lipinski definition) is 1. The molecular formula is C12H17F2N5. The summed E-state index contributed by atoms with van der Waals surface area (Å²) in [7, 11) is 1.57. The van der Waals surface area contributed by atoms with Gasteiger partial charge in [-0.05, 0) is 13.0 Å². The molecule has 19 heavy (non-hydrogen) atoms. The second-order valence-electron chi connectivity index (χ2n) is 4.32. The number of nitrogens with zero attached hydrogens (tertiary/aromatic N) is 4. The van der Waals surface area contributed by atoms with E-state index in [1.54, 1.807) is 24.9 Å². The molecule has 1 N–H and O–H groups in total. The number of nitrogens with one attached hydrogen (secondary N) is 1. The number of halogens is 2. The van der Waals surface area contributed by atoms with Crippen molar-refractivity contribution in [2.75, 3.05) is 6.67 Å². The van der Waals surface area contributed by atoms with Crippen LogP contribution in [-0.4, -0.2) is 26.2 Å². The molecule has 0 aliphatic rings. The number of aromatic nitrogens is 4. The predicted octanol–water partition coefficient (Wildman–Crippen LogP) is 1.32. The minimum atomic E-state index is -0.453. The van der Waals surface area contributed by atoms with E-state index in [1.165, 1.54) is 4.68 Å². The second kappa shape index (κ2) is 5.92. The highest BCUT2D eigenvalue weighted by molar-refractivity contribution is 5.17. The largest absolute Gasteiger partial charge is 0.307 e. The number of alkyl halides is 1. The summed E-state index contributed by atoms with van der Waals surface area (Å²) in [5.41, 5.74) is 2.10. The van der Waals surface area contributed by atoms with Gasteiger partial charge in [-0.1, -0.05) is 0 Å². The van der Waals surface area contributed by atoms with Gasteiger partial charge in [0.2, 0.25) is 5.95 Å². The molecule has 7 heteroatoms. The van der Waals surface area contributed by atoms with Crippen molar-refractivity contribution in [2.45, 2.75) is 26.6 Å². The lowest BCUT2D eigenvalue weighted by molar-refractivity contribution is 0.416. The van der Waals surface area contributed by atoms with E-state index in [-0.39, 0.29) is 12.5 Å². The summed E-state index contributed by atoms with van der Waals surface area (Å²) in [6, 6.07) is 1.81. The van der Waals surface area contributed by atoms with Crippen LogP contribution in [0.5, 0.6) is 0 Å². The smallest absolute Gasteiger partial charge is 0.215 e. The van der Waals surface area contributed by atoms with Crippen LogP contribution in [-0.2, 0) is 26.7 Å². The molecule has 0 aromatic carbocycles. The first-order valence-corrected chi connectivity index (χ1v) is 6.08. The van der Waals surface area contributed by atoms with E-state index in [9.17, 15) is 8.78 Å².